The summed E-state index contributed by atoms with van der Waals surface area (Å²) in [4.78, 5) is 21.6. The third-order valence-corrected chi connectivity index (χ3v) is 1.45. The molecule has 0 heterocycles. The number of ether oxygens (including phenoxy) is 1. The van der Waals surface area contributed by atoms with Crippen molar-refractivity contribution >= 4 is 12.4 Å². The van der Waals surface area contributed by atoms with Crippen LogP contribution in [0, 0.1) is 0 Å². The zero-order valence-corrected chi connectivity index (χ0v) is 8.97. The maximum atomic E-state index is 12.4. The fraction of sp³-hybridized carbons (Fsp3) is 0.778. The number of carbonyl (C=O) groups excluding carboxylic acids is 2. The van der Waals surface area contributed by atoms with E-state index in [-0.39, 0.29) is 6.29 Å². The number of alkyl carbamates (subject to hydrolysis) is 1. The topological polar surface area (TPSA) is 55.4 Å². The number of hydrogen-bond donors (Lipinski definition) is 1. The van der Waals surface area contributed by atoms with Crippen molar-refractivity contribution in [2.45, 2.75) is 31.9 Å². The minimum Gasteiger partial charge on any atom is -0.444 e. The largest absolute Gasteiger partial charge is 0.444 e. The minimum atomic E-state index is -2.12. The summed E-state index contributed by atoms with van der Waals surface area (Å²) in [5, 5.41) is 1.86. The minimum absolute atomic E-state index is 0.0247. The van der Waals surface area contributed by atoms with Crippen LogP contribution in [0.4, 0.5) is 13.6 Å². The van der Waals surface area contributed by atoms with Crippen LogP contribution in [0.2, 0.25) is 0 Å². The zero-order chi connectivity index (χ0) is 12.1. The molecule has 0 radical (unpaired) electrons. The molecular formula is C9H15F2NO3. The van der Waals surface area contributed by atoms with E-state index >= 15 is 0 Å². The van der Waals surface area contributed by atoms with Crippen LogP contribution in [0.25, 0.3) is 0 Å². The van der Waals surface area contributed by atoms with Crippen molar-refractivity contribution in [3.8, 4) is 0 Å². The Morgan fingerprint density at radius 2 is 1.80 bits per heavy atom. The highest BCUT2D eigenvalue weighted by Crippen LogP contribution is 2.09. The molecule has 0 aromatic rings. The highest BCUT2D eigenvalue weighted by Gasteiger charge is 2.34. The molecule has 0 unspecified atom stereocenters. The lowest BCUT2D eigenvalue weighted by Crippen LogP contribution is -2.54. The van der Waals surface area contributed by atoms with Gasteiger partial charge in [0.1, 0.15) is 19.0 Å². The van der Waals surface area contributed by atoms with Crippen LogP contribution >= 0.6 is 0 Å². The zero-order valence-electron chi connectivity index (χ0n) is 8.97. The van der Waals surface area contributed by atoms with Crippen molar-refractivity contribution in [2.75, 3.05) is 13.3 Å². The Kier molecular flexibility index (Phi) is 4.64. The van der Waals surface area contributed by atoms with E-state index < -0.39 is 30.6 Å². The Hall–Kier alpha value is -1.20. The van der Waals surface area contributed by atoms with Gasteiger partial charge in [-0.15, -0.1) is 0 Å². The predicted molar refractivity (Wildman–Crippen MR) is 50.1 cm³/mol. The standard InChI is InChI=1S/C9H15F2NO3/c1-8(2,3)15-7(14)12-9(4-10,5-11)6-13/h6H,4-5H2,1-3H3,(H,12,14). The van der Waals surface area contributed by atoms with E-state index in [9.17, 15) is 18.4 Å². The average molecular weight is 223 g/mol. The smallest absolute Gasteiger partial charge is 0.408 e. The van der Waals surface area contributed by atoms with Gasteiger partial charge in [0.2, 0.25) is 0 Å². The van der Waals surface area contributed by atoms with Gasteiger partial charge in [-0.3, -0.25) is 0 Å². The molecule has 0 saturated carbocycles. The summed E-state index contributed by atoms with van der Waals surface area (Å²) >= 11 is 0. The molecule has 0 atom stereocenters. The Morgan fingerprint density at radius 1 is 1.33 bits per heavy atom. The van der Waals surface area contributed by atoms with E-state index in [2.05, 4.69) is 0 Å². The molecule has 0 aliphatic heterocycles. The van der Waals surface area contributed by atoms with Gasteiger partial charge in [0.15, 0.2) is 11.8 Å². The summed E-state index contributed by atoms with van der Waals surface area (Å²) in [5.74, 6) is 0. The van der Waals surface area contributed by atoms with Gasteiger partial charge in [0, 0.05) is 0 Å². The monoisotopic (exact) mass is 223 g/mol. The fourth-order valence-electron chi connectivity index (χ4n) is 0.702. The quantitative estimate of drug-likeness (QED) is 0.733. The number of amides is 1. The summed E-state index contributed by atoms with van der Waals surface area (Å²) < 4.78 is 29.5. The van der Waals surface area contributed by atoms with Gasteiger partial charge in [-0.05, 0) is 20.8 Å². The molecule has 0 aliphatic rings. The van der Waals surface area contributed by atoms with Gasteiger partial charge in [-0.2, -0.15) is 0 Å². The van der Waals surface area contributed by atoms with Crippen LogP contribution in [0.1, 0.15) is 20.8 Å². The molecule has 0 aromatic heterocycles. The molecule has 6 heteroatoms. The first kappa shape index (κ1) is 13.8. The van der Waals surface area contributed by atoms with Crippen LogP contribution in [0.15, 0.2) is 0 Å². The Balaban J connectivity index is 4.43. The van der Waals surface area contributed by atoms with E-state index in [0.717, 1.165) is 0 Å². The number of carbonyl (C=O) groups is 2. The van der Waals surface area contributed by atoms with Crippen molar-refractivity contribution in [3.63, 3.8) is 0 Å². The van der Waals surface area contributed by atoms with Crippen molar-refractivity contribution in [2.24, 2.45) is 0 Å². The summed E-state index contributed by atoms with van der Waals surface area (Å²) in [6.45, 7) is 2.17. The van der Waals surface area contributed by atoms with Gasteiger partial charge >= 0.3 is 6.09 Å². The Morgan fingerprint density at radius 3 is 2.07 bits per heavy atom. The molecule has 0 rings (SSSR count). The second-order valence-electron chi connectivity index (χ2n) is 4.17. The molecule has 0 aromatic carbocycles. The van der Waals surface area contributed by atoms with Gasteiger partial charge in [0.25, 0.3) is 0 Å². The molecule has 4 nitrogen and oxygen atoms in total. The molecule has 1 N–H and O–H groups in total. The Bertz CT molecular complexity index is 234. The summed E-state index contributed by atoms with van der Waals surface area (Å²) in [5.41, 5.74) is -2.91. The first-order valence-electron chi connectivity index (χ1n) is 4.38. The van der Waals surface area contributed by atoms with Gasteiger partial charge < -0.3 is 14.8 Å². The van der Waals surface area contributed by atoms with Gasteiger partial charge in [0.05, 0.1) is 0 Å². The average Bonchev–Trinajstić information content (AvgIpc) is 2.11. The molecule has 0 spiro atoms. The molecule has 15 heavy (non-hydrogen) atoms. The van der Waals surface area contributed by atoms with Crippen molar-refractivity contribution in [1.29, 1.82) is 0 Å². The van der Waals surface area contributed by atoms with Gasteiger partial charge in [-0.1, -0.05) is 0 Å². The number of hydrogen-bond acceptors (Lipinski definition) is 3. The lowest BCUT2D eigenvalue weighted by molar-refractivity contribution is -0.114. The van der Waals surface area contributed by atoms with E-state index in [4.69, 9.17) is 4.74 Å². The first-order chi connectivity index (χ1) is 6.78. The van der Waals surface area contributed by atoms with Crippen molar-refractivity contribution < 1.29 is 23.1 Å². The van der Waals surface area contributed by atoms with E-state index in [0.29, 0.717) is 0 Å². The number of rotatable bonds is 4. The van der Waals surface area contributed by atoms with Crippen LogP contribution < -0.4 is 5.32 Å². The summed E-state index contributed by atoms with van der Waals surface area (Å²) in [7, 11) is 0. The second kappa shape index (κ2) is 5.04. The van der Waals surface area contributed by atoms with Crippen LogP contribution in [0.3, 0.4) is 0 Å². The maximum absolute atomic E-state index is 12.4. The predicted octanol–water partition coefficient (Wildman–Crippen LogP) is 1.39. The number of nitrogens with one attached hydrogen (secondary N) is 1. The maximum Gasteiger partial charge on any atom is 0.408 e. The highest BCUT2D eigenvalue weighted by molar-refractivity contribution is 5.77. The Labute approximate surface area is 87.0 Å². The molecule has 1 amide bonds. The normalized spacial score (nSPS) is 12.1. The van der Waals surface area contributed by atoms with Crippen LogP contribution in [-0.2, 0) is 9.53 Å². The van der Waals surface area contributed by atoms with Crippen molar-refractivity contribution in [3.05, 3.63) is 0 Å². The molecule has 0 aliphatic carbocycles. The fourth-order valence-corrected chi connectivity index (χ4v) is 0.702. The van der Waals surface area contributed by atoms with E-state index in [1.165, 1.54) is 0 Å². The lowest BCUT2D eigenvalue weighted by atomic mass is 10.1. The number of aldehydes is 1. The SMILES string of the molecule is CC(C)(C)OC(=O)NC(C=O)(CF)CF. The summed E-state index contributed by atoms with van der Waals surface area (Å²) in [6.07, 6.45) is -0.999. The lowest BCUT2D eigenvalue weighted by Gasteiger charge is -2.26. The van der Waals surface area contributed by atoms with Crippen molar-refractivity contribution in [1.82, 2.24) is 5.32 Å². The molecule has 0 saturated heterocycles. The summed E-state index contributed by atoms with van der Waals surface area (Å²) in [6, 6.07) is 0. The number of halogens is 2. The number of alkyl halides is 2. The first-order valence-corrected chi connectivity index (χ1v) is 4.38. The van der Waals surface area contributed by atoms with Crippen LogP contribution in [-0.4, -0.2) is 36.9 Å². The van der Waals surface area contributed by atoms with E-state index in [1.807, 2.05) is 5.32 Å². The molecule has 88 valence electrons. The highest BCUT2D eigenvalue weighted by atomic mass is 19.1. The molecule has 0 fully saturated rings. The molecule has 0 bridgehead atoms. The second-order valence-corrected chi connectivity index (χ2v) is 4.17. The third-order valence-electron chi connectivity index (χ3n) is 1.45. The van der Waals surface area contributed by atoms with Crippen LogP contribution in [0.5, 0.6) is 0 Å². The van der Waals surface area contributed by atoms with E-state index in [1.54, 1.807) is 20.8 Å². The van der Waals surface area contributed by atoms with Gasteiger partial charge in [-0.25, -0.2) is 13.6 Å². The third kappa shape index (κ3) is 4.71. The molecular weight excluding hydrogens is 208 g/mol.